The molecule has 0 atom stereocenters. The van der Waals surface area contributed by atoms with Crippen LogP contribution < -0.4 is 10.9 Å². The lowest BCUT2D eigenvalue weighted by Gasteiger charge is -2.10. The third-order valence-corrected chi connectivity index (χ3v) is 3.57. The van der Waals surface area contributed by atoms with Crippen molar-refractivity contribution in [2.45, 2.75) is 26.3 Å². The van der Waals surface area contributed by atoms with Crippen molar-refractivity contribution in [2.75, 3.05) is 5.32 Å². The van der Waals surface area contributed by atoms with Crippen molar-refractivity contribution >= 4 is 17.3 Å². The molecule has 20 heavy (non-hydrogen) atoms. The van der Waals surface area contributed by atoms with Gasteiger partial charge in [0.25, 0.3) is 5.56 Å². The van der Waals surface area contributed by atoms with Gasteiger partial charge < -0.3 is 5.32 Å². The number of rotatable bonds is 4. The van der Waals surface area contributed by atoms with Crippen molar-refractivity contribution in [3.8, 4) is 0 Å². The second kappa shape index (κ2) is 6.09. The number of aromatic nitrogens is 2. The summed E-state index contributed by atoms with van der Waals surface area (Å²) in [4.78, 5) is 11.6. The van der Waals surface area contributed by atoms with Gasteiger partial charge in [0, 0.05) is 13.6 Å². The van der Waals surface area contributed by atoms with Gasteiger partial charge in [-0.1, -0.05) is 49.7 Å². The highest BCUT2D eigenvalue weighted by Gasteiger charge is 2.07. The minimum atomic E-state index is -0.299. The molecule has 0 saturated carbocycles. The highest BCUT2D eigenvalue weighted by atomic mass is 35.5. The molecule has 1 N–H and O–H groups in total. The lowest BCUT2D eigenvalue weighted by atomic mass is 10.0. The molecule has 2 aromatic rings. The van der Waals surface area contributed by atoms with E-state index in [4.69, 9.17) is 11.6 Å². The molecule has 4 nitrogen and oxygen atoms in total. The number of halogens is 1. The van der Waals surface area contributed by atoms with Gasteiger partial charge in [0.2, 0.25) is 0 Å². The number of nitrogens with zero attached hydrogens (tertiary/aromatic N) is 2. The number of benzene rings is 1. The van der Waals surface area contributed by atoms with E-state index in [-0.39, 0.29) is 10.6 Å². The first kappa shape index (κ1) is 14.6. The summed E-state index contributed by atoms with van der Waals surface area (Å²) in [5.41, 5.74) is 2.70. The highest BCUT2D eigenvalue weighted by molar-refractivity contribution is 6.32. The van der Waals surface area contributed by atoms with E-state index >= 15 is 0 Å². The molecule has 1 aromatic carbocycles. The van der Waals surface area contributed by atoms with Gasteiger partial charge in [-0.05, 0) is 17.0 Å². The minimum absolute atomic E-state index is 0.168. The summed E-state index contributed by atoms with van der Waals surface area (Å²) in [6.07, 6.45) is 1.56. The predicted octanol–water partition coefficient (Wildman–Crippen LogP) is 3.17. The average Bonchev–Trinajstić information content (AvgIpc) is 2.44. The summed E-state index contributed by atoms with van der Waals surface area (Å²) < 4.78 is 1.21. The molecule has 5 heteroatoms. The largest absolute Gasteiger partial charge is 0.378 e. The normalized spacial score (nSPS) is 10.8. The van der Waals surface area contributed by atoms with Crippen molar-refractivity contribution in [1.82, 2.24) is 9.78 Å². The third-order valence-electron chi connectivity index (χ3n) is 3.21. The maximum absolute atomic E-state index is 11.6. The Labute approximate surface area is 123 Å². The third kappa shape index (κ3) is 3.20. The lowest BCUT2D eigenvalue weighted by molar-refractivity contribution is 0.708. The van der Waals surface area contributed by atoms with Crippen molar-refractivity contribution in [3.05, 3.63) is 57.0 Å². The van der Waals surface area contributed by atoms with Crippen molar-refractivity contribution < 1.29 is 0 Å². The minimum Gasteiger partial charge on any atom is -0.378 e. The Hall–Kier alpha value is -1.81. The van der Waals surface area contributed by atoms with E-state index < -0.39 is 0 Å². The second-order valence-electron chi connectivity index (χ2n) is 5.05. The molecule has 0 aliphatic heterocycles. The molecule has 0 spiro atoms. The molecule has 0 fully saturated rings. The Bertz CT molecular complexity index is 647. The molecule has 0 bridgehead atoms. The maximum Gasteiger partial charge on any atom is 0.287 e. The Morgan fingerprint density at radius 2 is 1.95 bits per heavy atom. The highest BCUT2D eigenvalue weighted by Crippen LogP contribution is 2.18. The number of hydrogen-bond donors (Lipinski definition) is 1. The summed E-state index contributed by atoms with van der Waals surface area (Å²) >= 11 is 6.00. The topological polar surface area (TPSA) is 46.9 Å². The molecule has 2 rings (SSSR count). The molecule has 0 aliphatic carbocycles. The second-order valence-corrected chi connectivity index (χ2v) is 5.43. The van der Waals surface area contributed by atoms with Gasteiger partial charge >= 0.3 is 0 Å². The van der Waals surface area contributed by atoms with Gasteiger partial charge in [0.1, 0.15) is 5.02 Å². The number of anilines is 1. The summed E-state index contributed by atoms with van der Waals surface area (Å²) in [7, 11) is 1.57. The van der Waals surface area contributed by atoms with Crippen molar-refractivity contribution in [1.29, 1.82) is 0 Å². The summed E-state index contributed by atoms with van der Waals surface area (Å²) in [5.74, 6) is 0.521. The van der Waals surface area contributed by atoms with Crippen LogP contribution >= 0.6 is 11.6 Å². The Kier molecular flexibility index (Phi) is 4.45. The van der Waals surface area contributed by atoms with Crippen LogP contribution in [0.1, 0.15) is 30.9 Å². The predicted molar refractivity (Wildman–Crippen MR) is 82.3 cm³/mol. The molecule has 0 amide bonds. The molecular weight excluding hydrogens is 274 g/mol. The molecule has 0 saturated heterocycles. The SMILES string of the molecule is CC(C)c1ccc(CNc2cnn(C)c(=O)c2Cl)cc1. The monoisotopic (exact) mass is 291 g/mol. The van der Waals surface area contributed by atoms with Gasteiger partial charge in [-0.3, -0.25) is 4.79 Å². The molecule has 1 heterocycles. The molecule has 0 aliphatic rings. The molecule has 106 valence electrons. The van der Waals surface area contributed by atoms with Crippen LogP contribution in [0.2, 0.25) is 5.02 Å². The Morgan fingerprint density at radius 1 is 1.30 bits per heavy atom. The average molecular weight is 292 g/mol. The van der Waals surface area contributed by atoms with Crippen LogP contribution in [0.3, 0.4) is 0 Å². The summed E-state index contributed by atoms with van der Waals surface area (Å²) in [6, 6.07) is 8.38. The van der Waals surface area contributed by atoms with Crippen LogP contribution in [-0.2, 0) is 13.6 Å². The van der Waals surface area contributed by atoms with Crippen LogP contribution in [0.4, 0.5) is 5.69 Å². The summed E-state index contributed by atoms with van der Waals surface area (Å²) in [6.45, 7) is 4.93. The zero-order valence-electron chi connectivity index (χ0n) is 11.9. The van der Waals surface area contributed by atoms with Gasteiger partial charge in [0.15, 0.2) is 0 Å². The van der Waals surface area contributed by atoms with Gasteiger partial charge in [-0.15, -0.1) is 0 Å². The van der Waals surface area contributed by atoms with E-state index in [0.29, 0.717) is 18.2 Å². The van der Waals surface area contributed by atoms with Crippen molar-refractivity contribution in [2.24, 2.45) is 7.05 Å². The standard InChI is InChI=1S/C15H18ClN3O/c1-10(2)12-6-4-11(5-7-12)8-17-13-9-18-19(3)15(20)14(13)16/h4-7,9-10,17H,8H2,1-3H3. The summed E-state index contributed by atoms with van der Waals surface area (Å²) in [5, 5.41) is 7.25. The van der Waals surface area contributed by atoms with Gasteiger partial charge in [-0.2, -0.15) is 5.10 Å². The quantitative estimate of drug-likeness (QED) is 0.941. The Balaban J connectivity index is 2.09. The van der Waals surface area contributed by atoms with Crippen LogP contribution in [0, 0.1) is 0 Å². The molecule has 1 aromatic heterocycles. The fraction of sp³-hybridized carbons (Fsp3) is 0.333. The van der Waals surface area contributed by atoms with Crippen LogP contribution in [0.15, 0.2) is 35.3 Å². The van der Waals surface area contributed by atoms with E-state index in [2.05, 4.69) is 48.5 Å². The van der Waals surface area contributed by atoms with E-state index in [1.807, 2.05) is 0 Å². The molecule has 0 unspecified atom stereocenters. The van der Waals surface area contributed by atoms with E-state index in [9.17, 15) is 4.79 Å². The first-order chi connectivity index (χ1) is 9.49. The zero-order chi connectivity index (χ0) is 14.7. The smallest absolute Gasteiger partial charge is 0.287 e. The lowest BCUT2D eigenvalue weighted by Crippen LogP contribution is -2.21. The zero-order valence-corrected chi connectivity index (χ0v) is 12.6. The fourth-order valence-electron chi connectivity index (χ4n) is 1.85. The van der Waals surface area contributed by atoms with Gasteiger partial charge in [-0.25, -0.2) is 4.68 Å². The molecule has 0 radical (unpaired) electrons. The van der Waals surface area contributed by atoms with Crippen LogP contribution in [0.25, 0.3) is 0 Å². The maximum atomic E-state index is 11.6. The fourth-order valence-corrected chi connectivity index (χ4v) is 2.09. The number of aryl methyl sites for hydroxylation is 1. The van der Waals surface area contributed by atoms with Crippen molar-refractivity contribution in [3.63, 3.8) is 0 Å². The first-order valence-electron chi connectivity index (χ1n) is 6.53. The molecular formula is C15H18ClN3O. The van der Waals surface area contributed by atoms with Crippen LogP contribution in [-0.4, -0.2) is 9.78 Å². The first-order valence-corrected chi connectivity index (χ1v) is 6.91. The number of hydrogen-bond acceptors (Lipinski definition) is 3. The van der Waals surface area contributed by atoms with E-state index in [1.54, 1.807) is 13.2 Å². The van der Waals surface area contributed by atoms with Crippen LogP contribution in [0.5, 0.6) is 0 Å². The van der Waals surface area contributed by atoms with Gasteiger partial charge in [0.05, 0.1) is 11.9 Å². The van der Waals surface area contributed by atoms with E-state index in [0.717, 1.165) is 5.56 Å². The van der Waals surface area contributed by atoms with E-state index in [1.165, 1.54) is 10.2 Å². The number of nitrogens with one attached hydrogen (secondary N) is 1. The Morgan fingerprint density at radius 3 is 2.55 bits per heavy atom.